The van der Waals surface area contributed by atoms with Crippen molar-refractivity contribution >= 4 is 0 Å². The van der Waals surface area contributed by atoms with Gasteiger partial charge in [0.05, 0.1) is 31.5 Å². The summed E-state index contributed by atoms with van der Waals surface area (Å²) in [5.41, 5.74) is 1.27. The van der Waals surface area contributed by atoms with E-state index in [0.717, 1.165) is 5.56 Å². The van der Waals surface area contributed by atoms with Crippen molar-refractivity contribution in [2.75, 3.05) is 20.8 Å². The summed E-state index contributed by atoms with van der Waals surface area (Å²) in [4.78, 5) is 4.15. The molecule has 0 amide bonds. The van der Waals surface area contributed by atoms with Gasteiger partial charge in [-0.05, 0) is 37.7 Å². The van der Waals surface area contributed by atoms with Gasteiger partial charge in [0, 0.05) is 6.20 Å². The van der Waals surface area contributed by atoms with Gasteiger partial charge in [0.15, 0.2) is 0 Å². The van der Waals surface area contributed by atoms with E-state index in [1.165, 1.54) is 13.2 Å². The molecular formula is C16H19FN2O2. The summed E-state index contributed by atoms with van der Waals surface area (Å²) in [5.74, 6) is 0.831. The number of pyridine rings is 1. The van der Waals surface area contributed by atoms with Gasteiger partial charge in [0.25, 0.3) is 0 Å². The van der Waals surface area contributed by atoms with E-state index in [0.29, 0.717) is 23.7 Å². The third-order valence-corrected chi connectivity index (χ3v) is 3.19. The van der Waals surface area contributed by atoms with Crippen molar-refractivity contribution in [2.45, 2.75) is 13.0 Å². The number of nitrogens with zero attached hydrogens (tertiary/aromatic N) is 1. The number of nitrogens with one attached hydrogen (secondary N) is 1. The smallest absolute Gasteiger partial charge is 0.137 e. The highest BCUT2D eigenvalue weighted by Gasteiger charge is 2.21. The lowest BCUT2D eigenvalue weighted by Gasteiger charge is -2.20. The van der Waals surface area contributed by atoms with Gasteiger partial charge in [-0.3, -0.25) is 4.98 Å². The Morgan fingerprint density at radius 2 is 2.14 bits per heavy atom. The van der Waals surface area contributed by atoms with Crippen molar-refractivity contribution in [3.8, 4) is 11.5 Å². The van der Waals surface area contributed by atoms with E-state index in [9.17, 15) is 4.39 Å². The predicted octanol–water partition coefficient (Wildman–Crippen LogP) is 2.94. The normalized spacial score (nSPS) is 12.0. The first-order valence-corrected chi connectivity index (χ1v) is 6.78. The molecule has 5 heteroatoms. The third kappa shape index (κ3) is 3.31. The fourth-order valence-corrected chi connectivity index (χ4v) is 2.29. The molecule has 0 saturated heterocycles. The zero-order chi connectivity index (χ0) is 15.2. The summed E-state index contributed by atoms with van der Waals surface area (Å²) in [6.07, 6.45) is 3.33. The first-order valence-electron chi connectivity index (χ1n) is 6.78. The molecule has 0 bridgehead atoms. The Labute approximate surface area is 123 Å². The monoisotopic (exact) mass is 290 g/mol. The van der Waals surface area contributed by atoms with Crippen molar-refractivity contribution in [3.05, 3.63) is 53.6 Å². The molecule has 0 radical (unpaired) electrons. The van der Waals surface area contributed by atoms with Crippen LogP contribution in [0.15, 0.2) is 36.7 Å². The highest BCUT2D eigenvalue weighted by molar-refractivity contribution is 5.43. The molecule has 2 aromatic rings. The van der Waals surface area contributed by atoms with Crippen LogP contribution >= 0.6 is 0 Å². The number of hydrogen-bond donors (Lipinski definition) is 1. The van der Waals surface area contributed by atoms with Crippen molar-refractivity contribution in [1.82, 2.24) is 10.3 Å². The molecule has 0 aliphatic carbocycles. The lowest BCUT2D eigenvalue weighted by atomic mass is 9.98. The maximum atomic E-state index is 14.2. The number of ether oxygens (including phenoxy) is 2. The Morgan fingerprint density at radius 3 is 2.81 bits per heavy atom. The minimum absolute atomic E-state index is 0.324. The van der Waals surface area contributed by atoms with Crippen LogP contribution in [0.4, 0.5) is 4.39 Å². The molecule has 0 spiro atoms. The third-order valence-electron chi connectivity index (χ3n) is 3.19. The van der Waals surface area contributed by atoms with Gasteiger partial charge in [-0.1, -0.05) is 6.07 Å². The van der Waals surface area contributed by atoms with E-state index in [2.05, 4.69) is 10.3 Å². The number of halogens is 1. The van der Waals surface area contributed by atoms with E-state index in [4.69, 9.17) is 9.47 Å². The van der Waals surface area contributed by atoms with Crippen LogP contribution in [-0.4, -0.2) is 25.7 Å². The first-order chi connectivity index (χ1) is 10.2. The second kappa shape index (κ2) is 7.04. The minimum atomic E-state index is -0.367. The summed E-state index contributed by atoms with van der Waals surface area (Å²) in [5, 5.41) is 3.10. The standard InChI is InChI=1S/C16H19FN2O2/c1-4-21-12-8-11(9-19-10-12)16(18-2)15-13(17)6-5-7-14(15)20-3/h5-10,16,18H,4H2,1-3H3. The van der Waals surface area contributed by atoms with Crippen LogP contribution in [0.3, 0.4) is 0 Å². The Bertz CT molecular complexity index is 605. The first kappa shape index (κ1) is 15.3. The van der Waals surface area contributed by atoms with Gasteiger partial charge in [-0.25, -0.2) is 4.39 Å². The lowest BCUT2D eigenvalue weighted by molar-refractivity contribution is 0.338. The number of benzene rings is 1. The van der Waals surface area contributed by atoms with Crippen LogP contribution in [0.2, 0.25) is 0 Å². The van der Waals surface area contributed by atoms with Crippen molar-refractivity contribution in [3.63, 3.8) is 0 Å². The molecule has 1 aromatic heterocycles. The van der Waals surface area contributed by atoms with Gasteiger partial charge in [0.2, 0.25) is 0 Å². The quantitative estimate of drug-likeness (QED) is 0.888. The second-order valence-corrected chi connectivity index (χ2v) is 4.46. The molecule has 1 aromatic carbocycles. The molecule has 4 nitrogen and oxygen atoms in total. The van der Waals surface area contributed by atoms with Gasteiger partial charge >= 0.3 is 0 Å². The lowest BCUT2D eigenvalue weighted by Crippen LogP contribution is -2.20. The summed E-state index contributed by atoms with van der Waals surface area (Å²) in [7, 11) is 3.30. The summed E-state index contributed by atoms with van der Waals surface area (Å²) in [6, 6.07) is 6.27. The van der Waals surface area contributed by atoms with E-state index < -0.39 is 0 Å². The molecule has 112 valence electrons. The zero-order valence-electron chi connectivity index (χ0n) is 12.4. The van der Waals surface area contributed by atoms with E-state index in [1.54, 1.807) is 31.6 Å². The van der Waals surface area contributed by atoms with Crippen LogP contribution in [0, 0.1) is 5.82 Å². The summed E-state index contributed by atoms with van der Waals surface area (Å²) >= 11 is 0. The molecule has 2 rings (SSSR count). The summed E-state index contributed by atoms with van der Waals surface area (Å²) < 4.78 is 25.0. The van der Waals surface area contributed by atoms with Gasteiger partial charge < -0.3 is 14.8 Å². The van der Waals surface area contributed by atoms with Crippen LogP contribution in [-0.2, 0) is 0 Å². The Morgan fingerprint density at radius 1 is 1.33 bits per heavy atom. The Balaban J connectivity index is 2.47. The van der Waals surface area contributed by atoms with Crippen molar-refractivity contribution in [2.24, 2.45) is 0 Å². The summed E-state index contributed by atoms with van der Waals surface area (Å²) in [6.45, 7) is 2.46. The molecule has 0 aliphatic rings. The Hall–Kier alpha value is -2.14. The largest absolute Gasteiger partial charge is 0.496 e. The molecule has 0 fully saturated rings. The molecule has 0 saturated carbocycles. The number of aromatic nitrogens is 1. The maximum absolute atomic E-state index is 14.2. The highest BCUT2D eigenvalue weighted by Crippen LogP contribution is 2.32. The van der Waals surface area contributed by atoms with Crippen LogP contribution < -0.4 is 14.8 Å². The van der Waals surface area contributed by atoms with E-state index in [-0.39, 0.29) is 11.9 Å². The van der Waals surface area contributed by atoms with Crippen LogP contribution in [0.5, 0.6) is 11.5 Å². The van der Waals surface area contributed by atoms with Crippen LogP contribution in [0.1, 0.15) is 24.1 Å². The maximum Gasteiger partial charge on any atom is 0.137 e. The fraction of sp³-hybridized carbons (Fsp3) is 0.312. The second-order valence-electron chi connectivity index (χ2n) is 4.46. The molecule has 1 atom stereocenters. The van der Waals surface area contributed by atoms with Crippen LogP contribution in [0.25, 0.3) is 0 Å². The predicted molar refractivity (Wildman–Crippen MR) is 79.3 cm³/mol. The average molecular weight is 290 g/mol. The van der Waals surface area contributed by atoms with Gasteiger partial charge in [-0.2, -0.15) is 0 Å². The number of rotatable bonds is 6. The average Bonchev–Trinajstić information content (AvgIpc) is 2.50. The molecular weight excluding hydrogens is 271 g/mol. The number of methoxy groups -OCH3 is 1. The number of hydrogen-bond acceptors (Lipinski definition) is 4. The van der Waals surface area contributed by atoms with Crippen molar-refractivity contribution < 1.29 is 13.9 Å². The molecule has 21 heavy (non-hydrogen) atoms. The van der Waals surface area contributed by atoms with Gasteiger partial charge in [-0.15, -0.1) is 0 Å². The highest BCUT2D eigenvalue weighted by atomic mass is 19.1. The SMILES string of the molecule is CCOc1cncc(C(NC)c2c(F)cccc2OC)c1. The molecule has 1 heterocycles. The topological polar surface area (TPSA) is 43.4 Å². The molecule has 1 unspecified atom stereocenters. The Kier molecular flexibility index (Phi) is 5.11. The van der Waals surface area contributed by atoms with Crippen molar-refractivity contribution in [1.29, 1.82) is 0 Å². The van der Waals surface area contributed by atoms with E-state index >= 15 is 0 Å². The van der Waals surface area contributed by atoms with E-state index in [1.807, 2.05) is 13.0 Å². The molecule has 1 N–H and O–H groups in total. The molecule has 0 aliphatic heterocycles. The minimum Gasteiger partial charge on any atom is -0.496 e. The van der Waals surface area contributed by atoms with Gasteiger partial charge in [0.1, 0.15) is 17.3 Å². The zero-order valence-corrected chi connectivity index (χ0v) is 12.4. The fourth-order valence-electron chi connectivity index (χ4n) is 2.29.